The van der Waals surface area contributed by atoms with Crippen molar-refractivity contribution in [3.8, 4) is 0 Å². The predicted octanol–water partition coefficient (Wildman–Crippen LogP) is 2.71. The Kier molecular flexibility index (Phi) is 6.67. The van der Waals surface area contributed by atoms with Gasteiger partial charge in [0, 0.05) is 30.1 Å². The molecule has 0 aromatic carbocycles. The van der Waals surface area contributed by atoms with Gasteiger partial charge in [0.05, 0.1) is 24.4 Å². The zero-order chi connectivity index (χ0) is 26.3. The van der Waals surface area contributed by atoms with Gasteiger partial charge >= 0.3 is 5.97 Å². The standard InChI is InChI=1S/C29H46O7/c1-13(2)15-8-21(36-23(33)9-15)14(3)18-12-20(31)25-24-17(6-7-28(18,25)4)29(5)19(26(34)27(24)35)10-16(30)11-22(29)32/h13-19,21-22,24-27,30,32,34-35H,6-12H2,1-5H3/t14-,15?,16+,17?,18?,19?,21?,22+,24?,25?,26-,27?,28-,29-/m1/s1. The number of cyclic esters (lactones) is 1. The van der Waals surface area contributed by atoms with Crippen LogP contribution in [0.1, 0.15) is 79.6 Å². The van der Waals surface area contributed by atoms with Gasteiger partial charge in [0.15, 0.2) is 0 Å². The summed E-state index contributed by atoms with van der Waals surface area (Å²) in [6.45, 7) is 10.6. The van der Waals surface area contributed by atoms with Crippen molar-refractivity contribution in [1.29, 1.82) is 0 Å². The van der Waals surface area contributed by atoms with E-state index in [1.54, 1.807) is 0 Å². The van der Waals surface area contributed by atoms with Crippen molar-refractivity contribution in [3.05, 3.63) is 0 Å². The van der Waals surface area contributed by atoms with Crippen LogP contribution in [-0.4, -0.2) is 62.7 Å². The highest BCUT2D eigenvalue weighted by molar-refractivity contribution is 5.85. The molecule has 4 saturated carbocycles. The molecule has 1 saturated heterocycles. The minimum absolute atomic E-state index is 0.0235. The van der Waals surface area contributed by atoms with Crippen LogP contribution >= 0.6 is 0 Å². The van der Waals surface area contributed by atoms with Crippen molar-refractivity contribution in [1.82, 2.24) is 0 Å². The van der Waals surface area contributed by atoms with E-state index in [9.17, 15) is 30.0 Å². The second-order valence-corrected chi connectivity index (χ2v) is 13.9. The molecule has 0 amide bonds. The number of aliphatic hydroxyl groups excluding tert-OH is 4. The average Bonchev–Trinajstić information content (AvgIpc) is 3.08. The largest absolute Gasteiger partial charge is 0.462 e. The first-order valence-corrected chi connectivity index (χ1v) is 14.2. The Morgan fingerprint density at radius 2 is 1.61 bits per heavy atom. The second-order valence-electron chi connectivity index (χ2n) is 13.9. The zero-order valence-electron chi connectivity index (χ0n) is 22.5. The lowest BCUT2D eigenvalue weighted by Gasteiger charge is -2.64. The summed E-state index contributed by atoms with van der Waals surface area (Å²) < 4.78 is 5.86. The predicted molar refractivity (Wildman–Crippen MR) is 132 cm³/mol. The third kappa shape index (κ3) is 3.74. The highest BCUT2D eigenvalue weighted by Crippen LogP contribution is 2.67. The fourth-order valence-corrected chi connectivity index (χ4v) is 9.86. The van der Waals surface area contributed by atoms with Crippen LogP contribution in [0, 0.1) is 58.2 Å². The number of carbonyl (C=O) groups is 2. The molecule has 4 N–H and O–H groups in total. The topological polar surface area (TPSA) is 124 Å². The minimum atomic E-state index is -1.08. The third-order valence-electron chi connectivity index (χ3n) is 12.1. The zero-order valence-corrected chi connectivity index (χ0v) is 22.5. The Labute approximate surface area is 215 Å². The van der Waals surface area contributed by atoms with Gasteiger partial charge in [-0.3, -0.25) is 9.59 Å². The molecule has 36 heavy (non-hydrogen) atoms. The summed E-state index contributed by atoms with van der Waals surface area (Å²) in [4.78, 5) is 26.2. The molecule has 8 unspecified atom stereocenters. The van der Waals surface area contributed by atoms with E-state index in [0.717, 1.165) is 19.3 Å². The van der Waals surface area contributed by atoms with Crippen molar-refractivity contribution in [2.45, 2.75) is 110 Å². The molecule has 5 fully saturated rings. The molecule has 7 heteroatoms. The number of ketones is 1. The highest BCUT2D eigenvalue weighted by atomic mass is 16.5. The van der Waals surface area contributed by atoms with Gasteiger partial charge < -0.3 is 25.2 Å². The molecule has 7 nitrogen and oxygen atoms in total. The number of hydrogen-bond donors (Lipinski definition) is 4. The lowest BCUT2D eigenvalue weighted by molar-refractivity contribution is -0.250. The lowest BCUT2D eigenvalue weighted by Crippen LogP contribution is -2.68. The van der Waals surface area contributed by atoms with Crippen molar-refractivity contribution in [2.24, 2.45) is 58.2 Å². The van der Waals surface area contributed by atoms with Gasteiger partial charge in [0.25, 0.3) is 0 Å². The molecule has 1 aliphatic heterocycles. The van der Waals surface area contributed by atoms with Gasteiger partial charge in [0.2, 0.25) is 0 Å². The van der Waals surface area contributed by atoms with E-state index in [4.69, 9.17) is 4.74 Å². The SMILES string of the molecule is CC(C)C1CC(=O)OC([C@H](C)C2CC(=O)C3C4C(O)[C@H](O)C5C[C@H](O)C[C@H](O)[C@]5(C)C4CC[C@@]32C)C1. The number of carbonyl (C=O) groups excluding carboxylic acids is 2. The van der Waals surface area contributed by atoms with Gasteiger partial charge in [-0.15, -0.1) is 0 Å². The Hall–Kier alpha value is -1.02. The second kappa shape index (κ2) is 9.03. The van der Waals surface area contributed by atoms with Crippen molar-refractivity contribution < 1.29 is 34.8 Å². The van der Waals surface area contributed by atoms with Gasteiger partial charge in [-0.1, -0.05) is 34.6 Å². The summed E-state index contributed by atoms with van der Waals surface area (Å²) in [5.41, 5.74) is -1.02. The number of esters is 1. The minimum Gasteiger partial charge on any atom is -0.462 e. The van der Waals surface area contributed by atoms with E-state index in [1.807, 2.05) is 6.92 Å². The van der Waals surface area contributed by atoms with Crippen molar-refractivity contribution in [2.75, 3.05) is 0 Å². The van der Waals surface area contributed by atoms with Gasteiger partial charge in [-0.25, -0.2) is 0 Å². The summed E-state index contributed by atoms with van der Waals surface area (Å²) in [6, 6.07) is 0. The highest BCUT2D eigenvalue weighted by Gasteiger charge is 2.69. The first-order chi connectivity index (χ1) is 16.8. The molecular formula is C29H46O7. The van der Waals surface area contributed by atoms with E-state index in [0.29, 0.717) is 25.2 Å². The summed E-state index contributed by atoms with van der Waals surface area (Å²) >= 11 is 0. The molecule has 5 rings (SSSR count). The number of hydrogen-bond acceptors (Lipinski definition) is 7. The van der Waals surface area contributed by atoms with E-state index in [2.05, 4.69) is 27.7 Å². The van der Waals surface area contributed by atoms with Crippen LogP contribution in [0.2, 0.25) is 0 Å². The number of Topliss-reactive ketones (excluding diaryl/α,β-unsaturated/α-hetero) is 1. The summed E-state index contributed by atoms with van der Waals surface area (Å²) in [7, 11) is 0. The third-order valence-corrected chi connectivity index (χ3v) is 12.1. The van der Waals surface area contributed by atoms with Crippen LogP contribution < -0.4 is 0 Å². The molecule has 14 atom stereocenters. The van der Waals surface area contributed by atoms with Gasteiger partial charge in [-0.05, 0) is 73.0 Å². The number of rotatable bonds is 3. The molecule has 1 heterocycles. The quantitative estimate of drug-likeness (QED) is 0.434. The molecule has 0 radical (unpaired) electrons. The average molecular weight is 507 g/mol. The summed E-state index contributed by atoms with van der Waals surface area (Å²) in [6.07, 6.45) is 0.00374. The van der Waals surface area contributed by atoms with Crippen LogP contribution in [0.4, 0.5) is 0 Å². The number of ether oxygens (including phenoxy) is 1. The van der Waals surface area contributed by atoms with Crippen LogP contribution in [0.5, 0.6) is 0 Å². The number of fused-ring (bicyclic) bond motifs is 5. The van der Waals surface area contributed by atoms with E-state index < -0.39 is 47.6 Å². The van der Waals surface area contributed by atoms with Gasteiger partial charge in [0.1, 0.15) is 11.9 Å². The van der Waals surface area contributed by atoms with Crippen molar-refractivity contribution >= 4 is 11.8 Å². The number of aliphatic hydroxyl groups is 4. The maximum Gasteiger partial charge on any atom is 0.306 e. The van der Waals surface area contributed by atoms with E-state index >= 15 is 0 Å². The molecule has 0 spiro atoms. The smallest absolute Gasteiger partial charge is 0.306 e. The van der Waals surface area contributed by atoms with Crippen LogP contribution in [0.15, 0.2) is 0 Å². The van der Waals surface area contributed by atoms with Crippen molar-refractivity contribution in [3.63, 3.8) is 0 Å². The monoisotopic (exact) mass is 506 g/mol. The fourth-order valence-electron chi connectivity index (χ4n) is 9.86. The van der Waals surface area contributed by atoms with Gasteiger partial charge in [-0.2, -0.15) is 0 Å². The molecule has 4 aliphatic carbocycles. The molecule has 0 bridgehead atoms. The normalized spacial score (nSPS) is 53.9. The Morgan fingerprint density at radius 1 is 0.917 bits per heavy atom. The summed E-state index contributed by atoms with van der Waals surface area (Å²) in [5.74, 6) is -0.611. The first-order valence-electron chi connectivity index (χ1n) is 14.2. The maximum atomic E-state index is 13.8. The molecule has 0 aromatic rings. The van der Waals surface area contributed by atoms with E-state index in [1.165, 1.54) is 0 Å². The molecule has 0 aromatic heterocycles. The summed E-state index contributed by atoms with van der Waals surface area (Å²) in [5, 5.41) is 44.2. The molecule has 5 aliphatic rings. The first kappa shape index (κ1) is 26.6. The maximum absolute atomic E-state index is 13.8. The Morgan fingerprint density at radius 3 is 2.28 bits per heavy atom. The van der Waals surface area contributed by atoms with Crippen LogP contribution in [0.3, 0.4) is 0 Å². The molecule has 204 valence electrons. The van der Waals surface area contributed by atoms with Crippen LogP contribution in [-0.2, 0) is 14.3 Å². The molecular weight excluding hydrogens is 460 g/mol. The van der Waals surface area contributed by atoms with Crippen LogP contribution in [0.25, 0.3) is 0 Å². The lowest BCUT2D eigenvalue weighted by atomic mass is 9.42. The van der Waals surface area contributed by atoms with E-state index in [-0.39, 0.29) is 53.4 Å². The Bertz CT molecular complexity index is 889. The fraction of sp³-hybridized carbons (Fsp3) is 0.931. The Balaban J connectivity index is 1.45.